The van der Waals surface area contributed by atoms with Gasteiger partial charge in [0.05, 0.1) is 0 Å². The third-order valence-corrected chi connectivity index (χ3v) is 5.34. The van der Waals surface area contributed by atoms with Crippen molar-refractivity contribution in [3.05, 3.63) is 65.5 Å². The van der Waals surface area contributed by atoms with Crippen LogP contribution in [0.15, 0.2) is 53.4 Å². The molecule has 0 spiro atoms. The molecule has 126 valence electrons. The SMILES string of the molecule is CSc1ccc(C(O)(CC2CCNC2=O)c2ccc(F)cc2)cc1. The molecule has 2 aromatic rings. The quantitative estimate of drug-likeness (QED) is 0.818. The maximum atomic E-state index is 13.3. The number of benzene rings is 2. The lowest BCUT2D eigenvalue weighted by atomic mass is 9.79. The van der Waals surface area contributed by atoms with E-state index in [1.54, 1.807) is 23.9 Å². The summed E-state index contributed by atoms with van der Waals surface area (Å²) in [5, 5.41) is 14.3. The number of carbonyl (C=O) groups excluding carboxylic acids is 1. The summed E-state index contributed by atoms with van der Waals surface area (Å²) in [6.45, 7) is 0.633. The molecule has 0 bridgehead atoms. The average Bonchev–Trinajstić information content (AvgIpc) is 3.00. The summed E-state index contributed by atoms with van der Waals surface area (Å²) in [6.07, 6.45) is 2.97. The molecule has 24 heavy (non-hydrogen) atoms. The lowest BCUT2D eigenvalue weighted by Gasteiger charge is -2.31. The fraction of sp³-hybridized carbons (Fsp3) is 0.316. The summed E-state index contributed by atoms with van der Waals surface area (Å²) >= 11 is 1.62. The number of nitrogens with one attached hydrogen (secondary N) is 1. The van der Waals surface area contributed by atoms with Gasteiger partial charge < -0.3 is 10.4 Å². The van der Waals surface area contributed by atoms with E-state index < -0.39 is 5.60 Å². The highest BCUT2D eigenvalue weighted by Gasteiger charge is 2.38. The highest BCUT2D eigenvalue weighted by atomic mass is 32.2. The van der Waals surface area contributed by atoms with Crippen LogP contribution in [0.25, 0.3) is 0 Å². The maximum absolute atomic E-state index is 13.3. The fourth-order valence-corrected chi connectivity index (χ4v) is 3.60. The highest BCUT2D eigenvalue weighted by Crippen LogP contribution is 2.38. The van der Waals surface area contributed by atoms with Crippen LogP contribution in [0.5, 0.6) is 0 Å². The monoisotopic (exact) mass is 345 g/mol. The Morgan fingerprint density at radius 3 is 2.25 bits per heavy atom. The van der Waals surface area contributed by atoms with Crippen molar-refractivity contribution in [1.29, 1.82) is 0 Å². The normalized spacial score (nSPS) is 19.8. The van der Waals surface area contributed by atoms with Crippen LogP contribution in [0.1, 0.15) is 24.0 Å². The van der Waals surface area contributed by atoms with Gasteiger partial charge >= 0.3 is 0 Å². The van der Waals surface area contributed by atoms with Gasteiger partial charge in [0.1, 0.15) is 11.4 Å². The van der Waals surface area contributed by atoms with Crippen LogP contribution < -0.4 is 5.32 Å². The lowest BCUT2D eigenvalue weighted by molar-refractivity contribution is -0.124. The second-order valence-electron chi connectivity index (χ2n) is 6.08. The molecule has 3 nitrogen and oxygen atoms in total. The van der Waals surface area contributed by atoms with Gasteiger partial charge in [-0.15, -0.1) is 11.8 Å². The molecule has 2 N–H and O–H groups in total. The van der Waals surface area contributed by atoms with Crippen molar-refractivity contribution >= 4 is 17.7 Å². The van der Waals surface area contributed by atoms with Crippen molar-refractivity contribution in [1.82, 2.24) is 5.32 Å². The van der Waals surface area contributed by atoms with Crippen LogP contribution in [-0.4, -0.2) is 23.8 Å². The summed E-state index contributed by atoms with van der Waals surface area (Å²) < 4.78 is 13.3. The Kier molecular flexibility index (Phi) is 4.92. The zero-order chi connectivity index (χ0) is 17.2. The average molecular weight is 345 g/mol. The molecule has 2 aromatic carbocycles. The van der Waals surface area contributed by atoms with Crippen molar-refractivity contribution in [2.45, 2.75) is 23.3 Å². The molecule has 1 saturated heterocycles. The summed E-state index contributed by atoms with van der Waals surface area (Å²) in [4.78, 5) is 13.1. The van der Waals surface area contributed by atoms with E-state index in [-0.39, 0.29) is 24.1 Å². The van der Waals surface area contributed by atoms with E-state index >= 15 is 0 Å². The Morgan fingerprint density at radius 2 is 1.75 bits per heavy atom. The standard InChI is InChI=1S/C19H20FNO2S/c1-24-17-8-4-15(5-9-17)19(23,12-13-10-11-21-18(13)22)14-2-6-16(20)7-3-14/h2-9,13,23H,10-12H2,1H3,(H,21,22). The Morgan fingerprint density at radius 1 is 1.17 bits per heavy atom. The van der Waals surface area contributed by atoms with Gasteiger partial charge in [0.15, 0.2) is 0 Å². The van der Waals surface area contributed by atoms with Crippen LogP contribution in [0.2, 0.25) is 0 Å². The molecule has 1 aliphatic rings. The lowest BCUT2D eigenvalue weighted by Crippen LogP contribution is -2.33. The molecule has 0 aliphatic carbocycles. The van der Waals surface area contributed by atoms with Crippen molar-refractivity contribution in [3.63, 3.8) is 0 Å². The van der Waals surface area contributed by atoms with E-state index in [1.807, 2.05) is 30.5 Å². The van der Waals surface area contributed by atoms with Crippen molar-refractivity contribution in [2.75, 3.05) is 12.8 Å². The van der Waals surface area contributed by atoms with Gasteiger partial charge in [0, 0.05) is 17.4 Å². The van der Waals surface area contributed by atoms with Gasteiger partial charge in [-0.2, -0.15) is 0 Å². The summed E-state index contributed by atoms with van der Waals surface area (Å²) in [6, 6.07) is 13.5. The molecule has 1 amide bonds. The van der Waals surface area contributed by atoms with Gasteiger partial charge in [-0.3, -0.25) is 4.79 Å². The molecule has 0 radical (unpaired) electrons. The smallest absolute Gasteiger partial charge is 0.223 e. The number of thioether (sulfide) groups is 1. The third kappa shape index (κ3) is 3.32. The first-order chi connectivity index (χ1) is 11.5. The second-order valence-corrected chi connectivity index (χ2v) is 6.96. The molecule has 2 atom stereocenters. The van der Waals surface area contributed by atoms with Gasteiger partial charge in [-0.05, 0) is 54.5 Å². The molecular formula is C19H20FNO2S. The number of aliphatic hydroxyl groups is 1. The molecule has 5 heteroatoms. The minimum absolute atomic E-state index is 0.0312. The summed E-state index contributed by atoms with van der Waals surface area (Å²) in [5.41, 5.74) is -0.0103. The number of hydrogen-bond acceptors (Lipinski definition) is 3. The van der Waals surface area contributed by atoms with Crippen LogP contribution in [0.4, 0.5) is 4.39 Å². The van der Waals surface area contributed by atoms with Crippen LogP contribution in [0.3, 0.4) is 0 Å². The van der Waals surface area contributed by atoms with Crippen LogP contribution in [0, 0.1) is 11.7 Å². The Balaban J connectivity index is 2.01. The molecule has 2 unspecified atom stereocenters. The minimum Gasteiger partial charge on any atom is -0.380 e. The largest absolute Gasteiger partial charge is 0.380 e. The van der Waals surface area contributed by atoms with Crippen molar-refractivity contribution < 1.29 is 14.3 Å². The van der Waals surface area contributed by atoms with Crippen LogP contribution in [-0.2, 0) is 10.4 Å². The number of halogens is 1. The maximum Gasteiger partial charge on any atom is 0.223 e. The Bertz CT molecular complexity index is 717. The summed E-state index contributed by atoms with van der Waals surface area (Å²) in [5.74, 6) is -0.631. The third-order valence-electron chi connectivity index (χ3n) is 4.59. The van der Waals surface area contributed by atoms with Crippen molar-refractivity contribution in [2.24, 2.45) is 5.92 Å². The van der Waals surface area contributed by atoms with E-state index in [2.05, 4.69) is 5.32 Å². The van der Waals surface area contributed by atoms with E-state index in [1.165, 1.54) is 12.1 Å². The molecule has 0 saturated carbocycles. The minimum atomic E-state index is -1.32. The first kappa shape index (κ1) is 17.0. The molecular weight excluding hydrogens is 325 g/mol. The molecule has 1 fully saturated rings. The molecule has 0 aromatic heterocycles. The zero-order valence-corrected chi connectivity index (χ0v) is 14.3. The topological polar surface area (TPSA) is 49.3 Å². The molecule has 1 heterocycles. The number of rotatable bonds is 5. The predicted molar refractivity (Wildman–Crippen MR) is 93.4 cm³/mol. The zero-order valence-electron chi connectivity index (χ0n) is 13.5. The number of hydrogen-bond donors (Lipinski definition) is 2. The van der Waals surface area contributed by atoms with Gasteiger partial charge in [-0.1, -0.05) is 24.3 Å². The van der Waals surface area contributed by atoms with Gasteiger partial charge in [0.25, 0.3) is 0 Å². The van der Waals surface area contributed by atoms with E-state index in [0.29, 0.717) is 24.1 Å². The highest BCUT2D eigenvalue weighted by molar-refractivity contribution is 7.98. The second kappa shape index (κ2) is 6.95. The van der Waals surface area contributed by atoms with E-state index in [0.717, 1.165) is 4.90 Å². The Hall–Kier alpha value is -1.85. The summed E-state index contributed by atoms with van der Waals surface area (Å²) in [7, 11) is 0. The predicted octanol–water partition coefficient (Wildman–Crippen LogP) is 3.31. The first-order valence-electron chi connectivity index (χ1n) is 7.93. The number of carbonyl (C=O) groups is 1. The Labute approximate surface area is 145 Å². The molecule has 3 rings (SSSR count). The van der Waals surface area contributed by atoms with Crippen LogP contribution >= 0.6 is 11.8 Å². The fourth-order valence-electron chi connectivity index (χ4n) is 3.19. The number of amides is 1. The van der Waals surface area contributed by atoms with E-state index in [4.69, 9.17) is 0 Å². The first-order valence-corrected chi connectivity index (χ1v) is 9.16. The van der Waals surface area contributed by atoms with Gasteiger partial charge in [-0.25, -0.2) is 4.39 Å². The van der Waals surface area contributed by atoms with Crippen molar-refractivity contribution in [3.8, 4) is 0 Å². The molecule has 1 aliphatic heterocycles. The van der Waals surface area contributed by atoms with E-state index in [9.17, 15) is 14.3 Å². The van der Waals surface area contributed by atoms with Gasteiger partial charge in [0.2, 0.25) is 5.91 Å².